The molecule has 1 fully saturated rings. The Hall–Kier alpha value is -1.16. The largest absolute Gasteiger partial charge is 0.370 e. The lowest BCUT2D eigenvalue weighted by Crippen LogP contribution is -2.23. The molecule has 1 aromatic carbocycles. The van der Waals surface area contributed by atoms with Crippen LogP contribution < -0.4 is 11.5 Å². The maximum Gasteiger partial charge on any atom is 0.185 e. The first-order valence-electron chi connectivity index (χ1n) is 6.55. The highest BCUT2D eigenvalue weighted by molar-refractivity contribution is 8.00. The van der Waals surface area contributed by atoms with Crippen molar-refractivity contribution in [3.8, 4) is 0 Å². The summed E-state index contributed by atoms with van der Waals surface area (Å²) in [5.41, 5.74) is 11.9. The molecule has 0 spiro atoms. The van der Waals surface area contributed by atoms with E-state index in [1.165, 1.54) is 36.1 Å². The highest BCUT2D eigenvalue weighted by Gasteiger charge is 2.15. The van der Waals surface area contributed by atoms with Gasteiger partial charge in [0.05, 0.1) is 0 Å². The fourth-order valence-electron chi connectivity index (χ4n) is 2.25. The third kappa shape index (κ3) is 4.26. The second-order valence-corrected chi connectivity index (χ2v) is 6.10. The molecule has 2 rings (SSSR count). The molecule has 0 saturated heterocycles. The van der Waals surface area contributed by atoms with Gasteiger partial charge in [0, 0.05) is 16.7 Å². The summed E-state index contributed by atoms with van der Waals surface area (Å²) >= 11 is 2.02. The van der Waals surface area contributed by atoms with Crippen molar-refractivity contribution in [3.05, 3.63) is 29.8 Å². The van der Waals surface area contributed by atoms with Crippen molar-refractivity contribution in [3.63, 3.8) is 0 Å². The lowest BCUT2D eigenvalue weighted by molar-refractivity contribution is 0.886. The maximum atomic E-state index is 5.30. The summed E-state index contributed by atoms with van der Waals surface area (Å²) in [4.78, 5) is 5.37. The molecule has 0 heterocycles. The summed E-state index contributed by atoms with van der Waals surface area (Å²) in [5.74, 6) is 0.170. The fraction of sp³-hybridized carbons (Fsp3) is 0.500. The van der Waals surface area contributed by atoms with E-state index < -0.39 is 0 Å². The van der Waals surface area contributed by atoms with Gasteiger partial charge in [-0.05, 0) is 37.0 Å². The predicted octanol–water partition coefficient (Wildman–Crippen LogP) is 2.54. The second-order valence-electron chi connectivity index (χ2n) is 4.72. The van der Waals surface area contributed by atoms with Crippen LogP contribution in [0.25, 0.3) is 0 Å². The van der Waals surface area contributed by atoms with Gasteiger partial charge in [-0.2, -0.15) is 0 Å². The normalized spacial score (nSPS) is 15.8. The minimum absolute atomic E-state index is 0.170. The van der Waals surface area contributed by atoms with Crippen molar-refractivity contribution < 1.29 is 0 Å². The Balaban J connectivity index is 1.83. The zero-order valence-corrected chi connectivity index (χ0v) is 11.5. The first-order chi connectivity index (χ1) is 8.74. The zero-order valence-electron chi connectivity index (χ0n) is 10.6. The Kier molecular flexibility index (Phi) is 4.93. The van der Waals surface area contributed by atoms with Crippen molar-refractivity contribution in [2.24, 2.45) is 16.5 Å². The van der Waals surface area contributed by atoms with E-state index >= 15 is 0 Å². The number of thioether (sulfide) groups is 1. The molecule has 0 unspecified atom stereocenters. The average Bonchev–Trinajstić information content (AvgIpc) is 2.84. The van der Waals surface area contributed by atoms with Crippen LogP contribution in [0, 0.1) is 0 Å². The minimum Gasteiger partial charge on any atom is -0.370 e. The van der Waals surface area contributed by atoms with Crippen LogP contribution in [0.15, 0.2) is 34.2 Å². The van der Waals surface area contributed by atoms with Crippen molar-refractivity contribution in [2.75, 3.05) is 6.54 Å². The molecule has 0 radical (unpaired) electrons. The van der Waals surface area contributed by atoms with Crippen molar-refractivity contribution in [2.45, 2.75) is 42.2 Å². The molecule has 1 aromatic rings. The predicted molar refractivity (Wildman–Crippen MR) is 78.9 cm³/mol. The van der Waals surface area contributed by atoms with Crippen LogP contribution >= 0.6 is 11.8 Å². The van der Waals surface area contributed by atoms with Crippen LogP contribution in [-0.4, -0.2) is 17.8 Å². The van der Waals surface area contributed by atoms with E-state index in [-0.39, 0.29) is 5.96 Å². The molecule has 1 aliphatic carbocycles. The number of guanidine groups is 1. The molecule has 0 amide bonds. The van der Waals surface area contributed by atoms with E-state index in [4.69, 9.17) is 11.5 Å². The Morgan fingerprint density at radius 1 is 1.17 bits per heavy atom. The topological polar surface area (TPSA) is 64.4 Å². The van der Waals surface area contributed by atoms with Crippen molar-refractivity contribution >= 4 is 17.7 Å². The zero-order chi connectivity index (χ0) is 12.8. The third-order valence-corrected chi connectivity index (χ3v) is 4.57. The summed E-state index contributed by atoms with van der Waals surface area (Å²) in [5, 5.41) is 0.831. The molecular formula is C14H21N3S. The van der Waals surface area contributed by atoms with Crippen molar-refractivity contribution in [1.82, 2.24) is 0 Å². The lowest BCUT2D eigenvalue weighted by Gasteiger charge is -2.09. The van der Waals surface area contributed by atoms with Gasteiger partial charge in [0.25, 0.3) is 0 Å². The first-order valence-corrected chi connectivity index (χ1v) is 7.43. The van der Waals surface area contributed by atoms with Gasteiger partial charge in [-0.3, -0.25) is 4.99 Å². The molecule has 0 aromatic heterocycles. The van der Waals surface area contributed by atoms with Crippen molar-refractivity contribution in [1.29, 1.82) is 0 Å². The van der Waals surface area contributed by atoms with Gasteiger partial charge in [0.15, 0.2) is 5.96 Å². The van der Waals surface area contributed by atoms with E-state index in [0.717, 1.165) is 11.7 Å². The number of hydrogen-bond acceptors (Lipinski definition) is 2. The molecule has 1 aliphatic rings. The number of benzene rings is 1. The van der Waals surface area contributed by atoms with E-state index in [2.05, 4.69) is 29.3 Å². The van der Waals surface area contributed by atoms with Gasteiger partial charge in [-0.15, -0.1) is 11.8 Å². The van der Waals surface area contributed by atoms with Gasteiger partial charge in [-0.1, -0.05) is 25.0 Å². The average molecular weight is 263 g/mol. The summed E-state index contributed by atoms with van der Waals surface area (Å²) in [6.07, 6.45) is 6.43. The molecule has 0 bridgehead atoms. The Bertz CT molecular complexity index is 390. The molecular weight excluding hydrogens is 242 g/mol. The summed E-state index contributed by atoms with van der Waals surface area (Å²) in [6.45, 7) is 0.664. The summed E-state index contributed by atoms with van der Waals surface area (Å²) < 4.78 is 0. The first kappa shape index (κ1) is 13.3. The van der Waals surface area contributed by atoms with Crippen LogP contribution in [0.5, 0.6) is 0 Å². The van der Waals surface area contributed by atoms with Gasteiger partial charge in [-0.25, -0.2) is 0 Å². The maximum absolute atomic E-state index is 5.30. The number of nitrogens with two attached hydrogens (primary N) is 2. The van der Waals surface area contributed by atoms with E-state index in [0.29, 0.717) is 6.54 Å². The fourth-order valence-corrected chi connectivity index (χ4v) is 3.49. The molecule has 3 nitrogen and oxygen atoms in total. The number of aliphatic imine (C=N–C) groups is 1. The molecule has 4 heteroatoms. The van der Waals surface area contributed by atoms with Crippen LogP contribution in [0.4, 0.5) is 0 Å². The van der Waals surface area contributed by atoms with Crippen LogP contribution in [0.3, 0.4) is 0 Å². The summed E-state index contributed by atoms with van der Waals surface area (Å²) in [7, 11) is 0. The molecule has 98 valence electrons. The van der Waals surface area contributed by atoms with Gasteiger partial charge in [0.1, 0.15) is 0 Å². The van der Waals surface area contributed by atoms with Gasteiger partial charge < -0.3 is 11.5 Å². The van der Waals surface area contributed by atoms with Crippen LogP contribution in [-0.2, 0) is 6.42 Å². The molecule has 1 saturated carbocycles. The van der Waals surface area contributed by atoms with E-state index in [1.54, 1.807) is 0 Å². The molecule has 4 N–H and O–H groups in total. The lowest BCUT2D eigenvalue weighted by atomic mass is 10.1. The second kappa shape index (κ2) is 6.69. The Labute approximate surface area is 113 Å². The van der Waals surface area contributed by atoms with Crippen LogP contribution in [0.1, 0.15) is 31.2 Å². The Morgan fingerprint density at radius 3 is 2.44 bits per heavy atom. The van der Waals surface area contributed by atoms with Gasteiger partial charge >= 0.3 is 0 Å². The number of hydrogen-bond donors (Lipinski definition) is 2. The monoisotopic (exact) mass is 263 g/mol. The highest BCUT2D eigenvalue weighted by atomic mass is 32.2. The minimum atomic E-state index is 0.170. The Morgan fingerprint density at radius 2 is 1.83 bits per heavy atom. The smallest absolute Gasteiger partial charge is 0.185 e. The standard InChI is InChI=1S/C14H21N3S/c15-14(16)17-10-9-11-5-7-13(8-6-11)18-12-3-1-2-4-12/h5-8,12H,1-4,9-10H2,(H4,15,16,17). The quantitative estimate of drug-likeness (QED) is 0.634. The van der Waals surface area contributed by atoms with E-state index in [1.807, 2.05) is 11.8 Å². The number of rotatable bonds is 5. The summed E-state index contributed by atoms with van der Waals surface area (Å²) in [6, 6.07) is 8.79. The third-order valence-electron chi connectivity index (χ3n) is 3.22. The molecule has 0 atom stereocenters. The van der Waals surface area contributed by atoms with E-state index in [9.17, 15) is 0 Å². The molecule has 0 aliphatic heterocycles. The SMILES string of the molecule is NC(N)=NCCc1ccc(SC2CCCC2)cc1. The molecule has 18 heavy (non-hydrogen) atoms. The highest BCUT2D eigenvalue weighted by Crippen LogP contribution is 2.34. The van der Waals surface area contributed by atoms with Gasteiger partial charge in [0.2, 0.25) is 0 Å². The van der Waals surface area contributed by atoms with Crippen LogP contribution in [0.2, 0.25) is 0 Å². The number of nitrogens with zero attached hydrogens (tertiary/aromatic N) is 1.